The predicted octanol–water partition coefficient (Wildman–Crippen LogP) is 1.08. The Bertz CT molecular complexity index is 584. The van der Waals surface area contributed by atoms with E-state index in [1.807, 2.05) is 19.9 Å². The Labute approximate surface area is 98.9 Å². The summed E-state index contributed by atoms with van der Waals surface area (Å²) in [5.41, 5.74) is 6.93. The summed E-state index contributed by atoms with van der Waals surface area (Å²) in [5, 5.41) is 4.27. The summed E-state index contributed by atoms with van der Waals surface area (Å²) in [5.74, 6) is 1.63. The topological polar surface area (TPSA) is 74.0 Å². The van der Waals surface area contributed by atoms with Gasteiger partial charge in [0.1, 0.15) is 11.5 Å². The van der Waals surface area contributed by atoms with Crippen molar-refractivity contribution < 1.29 is 4.42 Å². The van der Waals surface area contributed by atoms with Crippen LogP contribution in [0.2, 0.25) is 0 Å². The van der Waals surface area contributed by atoms with Gasteiger partial charge in [-0.2, -0.15) is 5.10 Å². The van der Waals surface area contributed by atoms with Crippen LogP contribution in [0.3, 0.4) is 0 Å². The first-order valence-corrected chi connectivity index (χ1v) is 5.47. The molecule has 0 spiro atoms. The van der Waals surface area contributed by atoms with E-state index in [4.69, 9.17) is 10.2 Å². The van der Waals surface area contributed by atoms with Gasteiger partial charge < -0.3 is 10.2 Å². The third-order valence-electron chi connectivity index (χ3n) is 2.52. The molecule has 0 saturated carbocycles. The van der Waals surface area contributed by atoms with Gasteiger partial charge in [-0.15, -0.1) is 0 Å². The van der Waals surface area contributed by atoms with E-state index >= 15 is 0 Å². The lowest BCUT2D eigenvalue weighted by atomic mass is 10.2. The first-order valence-electron chi connectivity index (χ1n) is 5.47. The largest absolute Gasteiger partial charge is 0.466 e. The van der Waals surface area contributed by atoms with Crippen molar-refractivity contribution in [1.82, 2.24) is 9.78 Å². The Kier molecular flexibility index (Phi) is 3.10. The molecular weight excluding hydrogens is 218 g/mol. The molecule has 0 aliphatic heterocycles. The molecule has 2 heterocycles. The fourth-order valence-corrected chi connectivity index (χ4v) is 1.76. The molecule has 2 aromatic rings. The van der Waals surface area contributed by atoms with Crippen LogP contribution in [-0.4, -0.2) is 16.3 Å². The molecule has 2 aromatic heterocycles. The molecular formula is C12H15N3O2. The van der Waals surface area contributed by atoms with Gasteiger partial charge in [0.15, 0.2) is 0 Å². The normalized spacial score (nSPS) is 10.8. The quantitative estimate of drug-likeness (QED) is 0.860. The number of hydrogen-bond acceptors (Lipinski definition) is 4. The van der Waals surface area contributed by atoms with E-state index in [0.29, 0.717) is 13.1 Å². The Morgan fingerprint density at radius 3 is 2.76 bits per heavy atom. The first-order chi connectivity index (χ1) is 8.11. The maximum Gasteiger partial charge on any atom is 0.266 e. The molecule has 5 nitrogen and oxygen atoms in total. The summed E-state index contributed by atoms with van der Waals surface area (Å²) in [4.78, 5) is 11.5. The second kappa shape index (κ2) is 4.55. The second-order valence-corrected chi connectivity index (χ2v) is 3.90. The lowest BCUT2D eigenvalue weighted by molar-refractivity contribution is 0.505. The summed E-state index contributed by atoms with van der Waals surface area (Å²) in [7, 11) is 0. The first kappa shape index (κ1) is 11.6. The van der Waals surface area contributed by atoms with Crippen molar-refractivity contribution in [3.63, 3.8) is 0 Å². The third-order valence-corrected chi connectivity index (χ3v) is 2.52. The van der Waals surface area contributed by atoms with Crippen molar-refractivity contribution >= 4 is 0 Å². The summed E-state index contributed by atoms with van der Waals surface area (Å²) in [6.07, 6.45) is 0. The van der Waals surface area contributed by atoms with Crippen LogP contribution in [0.4, 0.5) is 0 Å². The smallest absolute Gasteiger partial charge is 0.266 e. The van der Waals surface area contributed by atoms with E-state index in [1.54, 1.807) is 6.07 Å². The van der Waals surface area contributed by atoms with Gasteiger partial charge in [0, 0.05) is 18.2 Å². The fraction of sp³-hybridized carbons (Fsp3) is 0.333. The minimum atomic E-state index is -0.142. The standard InChI is InChI=1S/C12H15N3O2/c1-8-7-10(9(2)17-8)11-3-4-12(16)15(14-11)6-5-13/h3-4,7H,5-6,13H2,1-2H3. The summed E-state index contributed by atoms with van der Waals surface area (Å²) in [6, 6.07) is 5.11. The molecule has 0 aliphatic rings. The molecule has 0 fully saturated rings. The Hall–Kier alpha value is -1.88. The molecule has 2 N–H and O–H groups in total. The zero-order valence-electron chi connectivity index (χ0n) is 9.93. The van der Waals surface area contributed by atoms with Crippen molar-refractivity contribution in [2.75, 3.05) is 6.54 Å². The van der Waals surface area contributed by atoms with Crippen LogP contribution < -0.4 is 11.3 Å². The highest BCUT2D eigenvalue weighted by molar-refractivity contribution is 5.61. The van der Waals surface area contributed by atoms with Gasteiger partial charge in [0.05, 0.1) is 12.2 Å². The number of furan rings is 1. The van der Waals surface area contributed by atoms with Gasteiger partial charge in [-0.3, -0.25) is 4.79 Å². The van der Waals surface area contributed by atoms with Crippen LogP contribution in [0.25, 0.3) is 11.3 Å². The van der Waals surface area contributed by atoms with Crippen LogP contribution in [0.5, 0.6) is 0 Å². The monoisotopic (exact) mass is 233 g/mol. The maximum atomic E-state index is 11.5. The maximum absolute atomic E-state index is 11.5. The number of hydrogen-bond donors (Lipinski definition) is 1. The minimum Gasteiger partial charge on any atom is -0.466 e. The molecule has 90 valence electrons. The van der Waals surface area contributed by atoms with Crippen LogP contribution in [0, 0.1) is 13.8 Å². The van der Waals surface area contributed by atoms with Gasteiger partial charge in [0.25, 0.3) is 5.56 Å². The fourth-order valence-electron chi connectivity index (χ4n) is 1.76. The zero-order chi connectivity index (χ0) is 12.4. The van der Waals surface area contributed by atoms with Crippen LogP contribution >= 0.6 is 0 Å². The molecule has 0 saturated heterocycles. The van der Waals surface area contributed by atoms with E-state index in [0.717, 1.165) is 22.8 Å². The summed E-state index contributed by atoms with van der Waals surface area (Å²) >= 11 is 0. The molecule has 0 radical (unpaired) electrons. The van der Waals surface area contributed by atoms with E-state index in [1.165, 1.54) is 10.7 Å². The number of aromatic nitrogens is 2. The molecule has 0 amide bonds. The molecule has 17 heavy (non-hydrogen) atoms. The van der Waals surface area contributed by atoms with Gasteiger partial charge in [-0.25, -0.2) is 4.68 Å². The zero-order valence-corrected chi connectivity index (χ0v) is 9.93. The SMILES string of the molecule is Cc1cc(-c2ccc(=O)n(CCN)n2)c(C)o1. The summed E-state index contributed by atoms with van der Waals surface area (Å²) < 4.78 is 6.82. The Morgan fingerprint density at radius 2 is 2.18 bits per heavy atom. The summed E-state index contributed by atoms with van der Waals surface area (Å²) in [6.45, 7) is 4.57. The Morgan fingerprint density at radius 1 is 1.41 bits per heavy atom. The molecule has 5 heteroatoms. The van der Waals surface area contributed by atoms with E-state index in [-0.39, 0.29) is 5.56 Å². The molecule has 0 unspecified atom stereocenters. The number of nitrogens with two attached hydrogens (primary N) is 1. The average Bonchev–Trinajstić information content (AvgIpc) is 2.61. The van der Waals surface area contributed by atoms with E-state index < -0.39 is 0 Å². The van der Waals surface area contributed by atoms with Gasteiger partial charge in [-0.1, -0.05) is 0 Å². The molecule has 0 aromatic carbocycles. The van der Waals surface area contributed by atoms with Gasteiger partial charge >= 0.3 is 0 Å². The second-order valence-electron chi connectivity index (χ2n) is 3.90. The highest BCUT2D eigenvalue weighted by Gasteiger charge is 2.09. The minimum absolute atomic E-state index is 0.142. The molecule has 0 bridgehead atoms. The van der Waals surface area contributed by atoms with Crippen LogP contribution in [0.15, 0.2) is 27.4 Å². The van der Waals surface area contributed by atoms with Crippen LogP contribution in [0.1, 0.15) is 11.5 Å². The van der Waals surface area contributed by atoms with E-state index in [9.17, 15) is 4.79 Å². The average molecular weight is 233 g/mol. The molecule has 0 aliphatic carbocycles. The predicted molar refractivity (Wildman–Crippen MR) is 64.7 cm³/mol. The number of nitrogens with zero attached hydrogens (tertiary/aromatic N) is 2. The van der Waals surface area contributed by atoms with Crippen molar-refractivity contribution in [3.8, 4) is 11.3 Å². The van der Waals surface area contributed by atoms with Crippen molar-refractivity contribution in [1.29, 1.82) is 0 Å². The van der Waals surface area contributed by atoms with Crippen LogP contribution in [-0.2, 0) is 6.54 Å². The lowest BCUT2D eigenvalue weighted by Gasteiger charge is -2.04. The van der Waals surface area contributed by atoms with E-state index in [2.05, 4.69) is 5.10 Å². The molecule has 2 rings (SSSR count). The lowest BCUT2D eigenvalue weighted by Crippen LogP contribution is -2.25. The number of aryl methyl sites for hydroxylation is 2. The van der Waals surface area contributed by atoms with Gasteiger partial charge in [0.2, 0.25) is 0 Å². The Balaban J connectivity index is 2.49. The highest BCUT2D eigenvalue weighted by atomic mass is 16.3. The number of rotatable bonds is 3. The third kappa shape index (κ3) is 2.29. The van der Waals surface area contributed by atoms with Gasteiger partial charge in [-0.05, 0) is 26.0 Å². The van der Waals surface area contributed by atoms with Crippen molar-refractivity contribution in [2.24, 2.45) is 5.73 Å². The molecule has 0 atom stereocenters. The highest BCUT2D eigenvalue weighted by Crippen LogP contribution is 2.23. The van der Waals surface area contributed by atoms with Crippen molar-refractivity contribution in [3.05, 3.63) is 40.1 Å². The van der Waals surface area contributed by atoms with Crippen molar-refractivity contribution in [2.45, 2.75) is 20.4 Å².